The van der Waals surface area contributed by atoms with Crippen LogP contribution in [-0.2, 0) is 14.8 Å². The molecule has 1 aliphatic rings. The number of nitrogens with zero attached hydrogens (tertiary/aromatic N) is 3. The molecule has 0 saturated carbocycles. The highest BCUT2D eigenvalue weighted by Gasteiger charge is 2.33. The number of rotatable bonds is 5. The Hall–Kier alpha value is -1.62. The number of carbonyl (C=O) groups is 1. The molecule has 1 fully saturated rings. The van der Waals surface area contributed by atoms with E-state index >= 15 is 0 Å². The SMILES string of the molecule is CN(CCC#N)C(=O)C1CCN(S(=O)(=O)c2ccc(Cl)cc2)CC1. The second-order valence-corrected chi connectivity index (χ2v) is 8.17. The van der Waals surface area contributed by atoms with Gasteiger partial charge in [0.15, 0.2) is 0 Å². The highest BCUT2D eigenvalue weighted by atomic mass is 35.5. The lowest BCUT2D eigenvalue weighted by Gasteiger charge is -2.32. The minimum absolute atomic E-state index is 0.0196. The standard InChI is InChI=1S/C16H20ClN3O3S/c1-19(10-2-9-18)16(21)13-7-11-20(12-8-13)24(22,23)15-5-3-14(17)4-6-15/h3-6,13H,2,7-8,10-12H2,1H3. The third-order valence-corrected chi connectivity index (χ3v) is 6.35. The van der Waals surface area contributed by atoms with E-state index < -0.39 is 10.0 Å². The van der Waals surface area contributed by atoms with E-state index in [0.717, 1.165) is 0 Å². The molecule has 1 amide bonds. The molecule has 8 heteroatoms. The van der Waals surface area contributed by atoms with Gasteiger partial charge in [-0.05, 0) is 37.1 Å². The van der Waals surface area contributed by atoms with Crippen molar-refractivity contribution in [1.82, 2.24) is 9.21 Å². The Morgan fingerprint density at radius 1 is 1.33 bits per heavy atom. The first kappa shape index (κ1) is 18.7. The Bertz CT molecular complexity index is 720. The molecule has 0 atom stereocenters. The van der Waals surface area contributed by atoms with Crippen LogP contribution in [0.4, 0.5) is 0 Å². The molecule has 0 unspecified atom stereocenters. The van der Waals surface area contributed by atoms with Crippen LogP contribution in [0.2, 0.25) is 5.02 Å². The largest absolute Gasteiger partial charge is 0.344 e. The summed E-state index contributed by atoms with van der Waals surface area (Å²) >= 11 is 5.80. The van der Waals surface area contributed by atoms with E-state index in [-0.39, 0.29) is 16.7 Å². The fraction of sp³-hybridized carbons (Fsp3) is 0.500. The first-order valence-electron chi connectivity index (χ1n) is 7.74. The summed E-state index contributed by atoms with van der Waals surface area (Å²) in [6.45, 7) is 1.03. The summed E-state index contributed by atoms with van der Waals surface area (Å²) in [5, 5.41) is 9.07. The summed E-state index contributed by atoms with van der Waals surface area (Å²) in [5.74, 6) is -0.209. The van der Waals surface area contributed by atoms with Gasteiger partial charge in [0.25, 0.3) is 0 Å². The minimum atomic E-state index is -3.56. The zero-order valence-electron chi connectivity index (χ0n) is 13.5. The molecular weight excluding hydrogens is 350 g/mol. The van der Waals surface area contributed by atoms with Gasteiger partial charge in [0.2, 0.25) is 15.9 Å². The third-order valence-electron chi connectivity index (χ3n) is 4.19. The van der Waals surface area contributed by atoms with Gasteiger partial charge in [-0.15, -0.1) is 0 Å². The summed E-state index contributed by atoms with van der Waals surface area (Å²) in [7, 11) is -1.88. The number of nitriles is 1. The van der Waals surface area contributed by atoms with Crippen LogP contribution in [0.25, 0.3) is 0 Å². The molecule has 130 valence electrons. The van der Waals surface area contributed by atoms with Crippen molar-refractivity contribution in [2.45, 2.75) is 24.2 Å². The molecule has 1 aromatic rings. The first-order valence-corrected chi connectivity index (χ1v) is 9.55. The summed E-state index contributed by atoms with van der Waals surface area (Å²) in [6, 6.07) is 8.10. The van der Waals surface area contributed by atoms with Crippen LogP contribution < -0.4 is 0 Å². The zero-order chi connectivity index (χ0) is 17.7. The maximum Gasteiger partial charge on any atom is 0.243 e. The van der Waals surface area contributed by atoms with Crippen LogP contribution in [-0.4, -0.2) is 50.2 Å². The lowest BCUT2D eigenvalue weighted by molar-refractivity contribution is -0.135. The molecule has 1 heterocycles. The number of hydrogen-bond acceptors (Lipinski definition) is 4. The fourth-order valence-corrected chi connectivity index (χ4v) is 4.33. The topological polar surface area (TPSA) is 81.5 Å². The second kappa shape index (κ2) is 7.97. The van der Waals surface area contributed by atoms with Crippen LogP contribution in [0.1, 0.15) is 19.3 Å². The molecule has 2 rings (SSSR count). The van der Waals surface area contributed by atoms with Crippen molar-refractivity contribution in [1.29, 1.82) is 5.26 Å². The Morgan fingerprint density at radius 3 is 2.46 bits per heavy atom. The number of benzene rings is 1. The van der Waals surface area contributed by atoms with Crippen molar-refractivity contribution < 1.29 is 13.2 Å². The number of amides is 1. The van der Waals surface area contributed by atoms with Gasteiger partial charge in [-0.3, -0.25) is 4.79 Å². The number of hydrogen-bond donors (Lipinski definition) is 0. The minimum Gasteiger partial charge on any atom is -0.344 e. The molecule has 0 bridgehead atoms. The predicted octanol–water partition coefficient (Wildman–Crippen LogP) is 2.11. The van der Waals surface area contributed by atoms with Gasteiger partial charge < -0.3 is 4.90 Å². The Kier molecular flexibility index (Phi) is 6.21. The summed E-state index contributed by atoms with van der Waals surface area (Å²) in [5.41, 5.74) is 0. The van der Waals surface area contributed by atoms with Crippen molar-refractivity contribution in [3.63, 3.8) is 0 Å². The number of halogens is 1. The third kappa shape index (κ3) is 4.26. The summed E-state index contributed by atoms with van der Waals surface area (Å²) in [4.78, 5) is 14.1. The highest BCUT2D eigenvalue weighted by molar-refractivity contribution is 7.89. The van der Waals surface area contributed by atoms with Crippen LogP contribution >= 0.6 is 11.6 Å². The Morgan fingerprint density at radius 2 is 1.92 bits per heavy atom. The van der Waals surface area contributed by atoms with E-state index in [1.807, 2.05) is 6.07 Å². The van der Waals surface area contributed by atoms with Gasteiger partial charge in [0, 0.05) is 37.6 Å². The molecule has 0 spiro atoms. The Balaban J connectivity index is 1.98. The lowest BCUT2D eigenvalue weighted by atomic mass is 9.96. The van der Waals surface area contributed by atoms with Crippen LogP contribution in [0.15, 0.2) is 29.2 Å². The first-order chi connectivity index (χ1) is 11.4. The summed E-state index contributed by atoms with van der Waals surface area (Å²) in [6.07, 6.45) is 1.27. The van der Waals surface area contributed by atoms with Gasteiger partial charge in [-0.25, -0.2) is 8.42 Å². The molecule has 1 aromatic carbocycles. The van der Waals surface area contributed by atoms with E-state index in [0.29, 0.717) is 43.9 Å². The summed E-state index contributed by atoms with van der Waals surface area (Å²) < 4.78 is 26.6. The molecule has 1 saturated heterocycles. The van der Waals surface area contributed by atoms with E-state index in [2.05, 4.69) is 0 Å². The van der Waals surface area contributed by atoms with Crippen molar-refractivity contribution in [2.75, 3.05) is 26.7 Å². The molecule has 1 aliphatic heterocycles. The average Bonchev–Trinajstić information content (AvgIpc) is 2.59. The van der Waals surface area contributed by atoms with Crippen molar-refractivity contribution in [2.24, 2.45) is 5.92 Å². The molecule has 6 nitrogen and oxygen atoms in total. The van der Waals surface area contributed by atoms with Crippen LogP contribution in [0.3, 0.4) is 0 Å². The number of sulfonamides is 1. The quantitative estimate of drug-likeness (QED) is 0.796. The lowest BCUT2D eigenvalue weighted by Crippen LogP contribution is -2.43. The zero-order valence-corrected chi connectivity index (χ0v) is 15.1. The normalized spacial score (nSPS) is 16.5. The molecule has 0 radical (unpaired) electrons. The Labute approximate surface area is 147 Å². The van der Waals surface area contributed by atoms with Gasteiger partial charge in [0.05, 0.1) is 17.4 Å². The smallest absolute Gasteiger partial charge is 0.243 e. The highest BCUT2D eigenvalue weighted by Crippen LogP contribution is 2.25. The maximum absolute atomic E-state index is 12.6. The second-order valence-electron chi connectivity index (χ2n) is 5.80. The van der Waals surface area contributed by atoms with Crippen molar-refractivity contribution >= 4 is 27.5 Å². The van der Waals surface area contributed by atoms with E-state index in [1.54, 1.807) is 24.1 Å². The van der Waals surface area contributed by atoms with Gasteiger partial charge in [-0.1, -0.05) is 11.6 Å². The molecule has 0 aromatic heterocycles. The van der Waals surface area contributed by atoms with E-state index in [9.17, 15) is 13.2 Å². The fourth-order valence-electron chi connectivity index (χ4n) is 2.74. The average molecular weight is 370 g/mol. The van der Waals surface area contributed by atoms with Crippen molar-refractivity contribution in [3.05, 3.63) is 29.3 Å². The van der Waals surface area contributed by atoms with E-state index in [4.69, 9.17) is 16.9 Å². The molecule has 0 N–H and O–H groups in total. The molecular formula is C16H20ClN3O3S. The molecule has 24 heavy (non-hydrogen) atoms. The van der Waals surface area contributed by atoms with Gasteiger partial charge >= 0.3 is 0 Å². The molecule has 0 aliphatic carbocycles. The monoisotopic (exact) mass is 369 g/mol. The number of piperidine rings is 1. The maximum atomic E-state index is 12.6. The van der Waals surface area contributed by atoms with Gasteiger partial charge in [0.1, 0.15) is 0 Å². The van der Waals surface area contributed by atoms with Crippen molar-refractivity contribution in [3.8, 4) is 6.07 Å². The predicted molar refractivity (Wildman–Crippen MR) is 90.8 cm³/mol. The number of carbonyl (C=O) groups excluding carboxylic acids is 1. The van der Waals surface area contributed by atoms with E-state index in [1.165, 1.54) is 16.4 Å². The van der Waals surface area contributed by atoms with Gasteiger partial charge in [-0.2, -0.15) is 9.57 Å². The van der Waals surface area contributed by atoms with Crippen LogP contribution in [0.5, 0.6) is 0 Å². The van der Waals surface area contributed by atoms with Crippen LogP contribution in [0, 0.1) is 17.2 Å².